The highest BCUT2D eigenvalue weighted by atomic mass is 35.5. The molecule has 0 aromatic heterocycles. The Morgan fingerprint density at radius 3 is 2.58 bits per heavy atom. The van der Waals surface area contributed by atoms with Gasteiger partial charge in [0.15, 0.2) is 6.17 Å². The molecular formula is C13H16ClF2NO2. The topological polar surface area (TPSA) is 21.7 Å². The summed E-state index contributed by atoms with van der Waals surface area (Å²) in [6, 6.07) is 4.36. The second kappa shape index (κ2) is 5.61. The Kier molecular flexibility index (Phi) is 4.28. The van der Waals surface area contributed by atoms with E-state index in [2.05, 4.69) is 0 Å². The highest BCUT2D eigenvalue weighted by Crippen LogP contribution is 2.33. The van der Waals surface area contributed by atoms with Crippen LogP contribution < -0.4 is 4.90 Å². The van der Waals surface area contributed by atoms with Gasteiger partial charge < -0.3 is 14.4 Å². The first kappa shape index (κ1) is 14.5. The molecule has 2 rings (SSSR count). The molecule has 0 radical (unpaired) electrons. The van der Waals surface area contributed by atoms with Crippen molar-refractivity contribution in [1.29, 1.82) is 0 Å². The number of benzene rings is 1. The Balaban J connectivity index is 2.18. The summed E-state index contributed by atoms with van der Waals surface area (Å²) in [4.78, 5) is 1.63. The van der Waals surface area contributed by atoms with Crippen LogP contribution in [-0.4, -0.2) is 39.3 Å². The second-order valence-electron chi connectivity index (χ2n) is 4.48. The number of methoxy groups -OCH3 is 2. The fourth-order valence-electron chi connectivity index (χ4n) is 2.37. The standard InChI is InChI=1S/C13H16ClF2NO2/c1-18-13(19-2)5-6-17(8-12(13)16)11-4-3-9(14)7-10(11)15/h3-4,7,12H,5-6,8H2,1-2H3. The van der Waals surface area contributed by atoms with Crippen LogP contribution in [0, 0.1) is 5.82 Å². The first-order chi connectivity index (χ1) is 9.02. The van der Waals surface area contributed by atoms with Gasteiger partial charge in [-0.15, -0.1) is 0 Å². The Morgan fingerprint density at radius 1 is 1.37 bits per heavy atom. The van der Waals surface area contributed by atoms with Gasteiger partial charge in [0.05, 0.1) is 12.2 Å². The van der Waals surface area contributed by atoms with Crippen LogP contribution in [0.2, 0.25) is 5.02 Å². The molecule has 106 valence electrons. The van der Waals surface area contributed by atoms with Gasteiger partial charge in [-0.3, -0.25) is 0 Å². The Morgan fingerprint density at radius 2 is 2.05 bits per heavy atom. The molecule has 1 heterocycles. The summed E-state index contributed by atoms with van der Waals surface area (Å²) in [5, 5.41) is 0.318. The third kappa shape index (κ3) is 2.68. The van der Waals surface area contributed by atoms with Gasteiger partial charge in [0.1, 0.15) is 5.82 Å². The number of hydrogen-bond donors (Lipinski definition) is 0. The van der Waals surface area contributed by atoms with E-state index in [9.17, 15) is 8.78 Å². The van der Waals surface area contributed by atoms with E-state index in [0.29, 0.717) is 23.7 Å². The molecule has 0 amide bonds. The van der Waals surface area contributed by atoms with Crippen molar-refractivity contribution in [3.8, 4) is 0 Å². The van der Waals surface area contributed by atoms with Gasteiger partial charge in [-0.25, -0.2) is 8.78 Å². The summed E-state index contributed by atoms with van der Waals surface area (Å²) in [6.45, 7) is 0.459. The van der Waals surface area contributed by atoms with Crippen LogP contribution in [-0.2, 0) is 9.47 Å². The van der Waals surface area contributed by atoms with Gasteiger partial charge >= 0.3 is 0 Å². The number of rotatable bonds is 3. The predicted molar refractivity (Wildman–Crippen MR) is 69.9 cm³/mol. The Hall–Kier alpha value is -0.910. The largest absolute Gasteiger partial charge is 0.366 e. The van der Waals surface area contributed by atoms with E-state index in [-0.39, 0.29) is 6.54 Å². The van der Waals surface area contributed by atoms with Gasteiger partial charge in [0, 0.05) is 32.2 Å². The molecule has 1 fully saturated rings. The molecule has 1 aromatic carbocycles. The average molecular weight is 292 g/mol. The number of piperidine rings is 1. The van der Waals surface area contributed by atoms with Crippen molar-refractivity contribution >= 4 is 17.3 Å². The fraction of sp³-hybridized carbons (Fsp3) is 0.538. The van der Waals surface area contributed by atoms with Crippen molar-refractivity contribution in [3.63, 3.8) is 0 Å². The van der Waals surface area contributed by atoms with Crippen LogP contribution in [0.3, 0.4) is 0 Å². The number of anilines is 1. The van der Waals surface area contributed by atoms with Crippen molar-refractivity contribution < 1.29 is 18.3 Å². The minimum absolute atomic E-state index is 0.0141. The smallest absolute Gasteiger partial charge is 0.202 e. The van der Waals surface area contributed by atoms with Crippen molar-refractivity contribution in [1.82, 2.24) is 0 Å². The van der Waals surface area contributed by atoms with Crippen LogP contribution in [0.4, 0.5) is 14.5 Å². The Labute approximate surface area is 116 Å². The van der Waals surface area contributed by atoms with Crippen molar-refractivity contribution in [2.75, 3.05) is 32.2 Å². The SMILES string of the molecule is COC1(OC)CCN(c2ccc(Cl)cc2F)CC1F. The van der Waals surface area contributed by atoms with E-state index in [1.54, 1.807) is 17.0 Å². The lowest BCUT2D eigenvalue weighted by Gasteiger charge is -2.42. The lowest BCUT2D eigenvalue weighted by atomic mass is 10.0. The maximum Gasteiger partial charge on any atom is 0.202 e. The van der Waals surface area contributed by atoms with Crippen LogP contribution in [0.25, 0.3) is 0 Å². The summed E-state index contributed by atoms with van der Waals surface area (Å²) in [6.07, 6.45) is -1.03. The number of halogens is 3. The van der Waals surface area contributed by atoms with Crippen LogP contribution in [0.1, 0.15) is 6.42 Å². The molecule has 3 nitrogen and oxygen atoms in total. The molecule has 0 bridgehead atoms. The number of ether oxygens (including phenoxy) is 2. The van der Waals surface area contributed by atoms with Crippen LogP contribution >= 0.6 is 11.6 Å². The maximum absolute atomic E-state index is 14.2. The quantitative estimate of drug-likeness (QED) is 0.799. The summed E-state index contributed by atoms with van der Waals surface area (Å²) < 4.78 is 38.3. The van der Waals surface area contributed by atoms with Gasteiger partial charge in [-0.2, -0.15) is 0 Å². The summed E-state index contributed by atoms with van der Waals surface area (Å²) in [7, 11) is 2.82. The number of hydrogen-bond acceptors (Lipinski definition) is 3. The lowest BCUT2D eigenvalue weighted by molar-refractivity contribution is -0.249. The molecule has 0 N–H and O–H groups in total. The maximum atomic E-state index is 14.2. The van der Waals surface area contributed by atoms with Crippen LogP contribution in [0.5, 0.6) is 0 Å². The highest BCUT2D eigenvalue weighted by molar-refractivity contribution is 6.30. The van der Waals surface area contributed by atoms with E-state index in [0.717, 1.165) is 0 Å². The molecule has 6 heteroatoms. The van der Waals surface area contributed by atoms with Crippen LogP contribution in [0.15, 0.2) is 18.2 Å². The van der Waals surface area contributed by atoms with E-state index < -0.39 is 17.8 Å². The van der Waals surface area contributed by atoms with Gasteiger partial charge in [0.25, 0.3) is 0 Å². The molecule has 1 unspecified atom stereocenters. The molecule has 0 saturated carbocycles. The summed E-state index contributed by atoms with van der Waals surface area (Å²) in [5.41, 5.74) is 0.341. The second-order valence-corrected chi connectivity index (χ2v) is 4.92. The number of nitrogens with zero attached hydrogens (tertiary/aromatic N) is 1. The molecule has 1 aromatic rings. The lowest BCUT2D eigenvalue weighted by Crippen LogP contribution is -2.56. The average Bonchev–Trinajstić information content (AvgIpc) is 2.39. The first-order valence-corrected chi connectivity index (χ1v) is 6.34. The third-order valence-electron chi connectivity index (χ3n) is 3.53. The molecule has 19 heavy (non-hydrogen) atoms. The van der Waals surface area contributed by atoms with Crippen molar-refractivity contribution in [2.24, 2.45) is 0 Å². The van der Waals surface area contributed by atoms with E-state index in [1.165, 1.54) is 20.3 Å². The summed E-state index contributed by atoms with van der Waals surface area (Å²) >= 11 is 5.70. The van der Waals surface area contributed by atoms with E-state index >= 15 is 0 Å². The normalized spacial score (nSPS) is 22.6. The van der Waals surface area contributed by atoms with E-state index in [1.807, 2.05) is 0 Å². The minimum atomic E-state index is -1.36. The zero-order valence-corrected chi connectivity index (χ0v) is 11.6. The van der Waals surface area contributed by atoms with Gasteiger partial charge in [-0.05, 0) is 18.2 Å². The monoisotopic (exact) mass is 291 g/mol. The molecule has 1 atom stereocenters. The minimum Gasteiger partial charge on any atom is -0.366 e. The molecule has 0 aliphatic carbocycles. The summed E-state index contributed by atoms with van der Waals surface area (Å²) in [5.74, 6) is -1.69. The highest BCUT2D eigenvalue weighted by Gasteiger charge is 2.44. The molecule has 1 saturated heterocycles. The molecular weight excluding hydrogens is 276 g/mol. The number of alkyl halides is 1. The Bertz CT molecular complexity index is 454. The molecule has 1 aliphatic rings. The zero-order valence-electron chi connectivity index (χ0n) is 10.8. The zero-order chi connectivity index (χ0) is 14.0. The predicted octanol–water partition coefficient (Wildman–Crippen LogP) is 3.02. The molecule has 1 aliphatic heterocycles. The van der Waals surface area contributed by atoms with Gasteiger partial charge in [0.2, 0.25) is 5.79 Å². The third-order valence-corrected chi connectivity index (χ3v) is 3.76. The first-order valence-electron chi connectivity index (χ1n) is 5.97. The fourth-order valence-corrected chi connectivity index (χ4v) is 2.53. The van der Waals surface area contributed by atoms with Crippen molar-refractivity contribution in [2.45, 2.75) is 18.4 Å². The molecule has 0 spiro atoms. The van der Waals surface area contributed by atoms with Crippen molar-refractivity contribution in [3.05, 3.63) is 29.0 Å². The van der Waals surface area contributed by atoms with Gasteiger partial charge in [-0.1, -0.05) is 11.6 Å². The van der Waals surface area contributed by atoms with E-state index in [4.69, 9.17) is 21.1 Å².